The van der Waals surface area contributed by atoms with Crippen LogP contribution in [0.3, 0.4) is 0 Å². The highest BCUT2D eigenvalue weighted by Crippen LogP contribution is 2.31. The van der Waals surface area contributed by atoms with Crippen LogP contribution >= 0.6 is 0 Å². The van der Waals surface area contributed by atoms with Crippen LogP contribution in [0.4, 0.5) is 0 Å². The Morgan fingerprint density at radius 3 is 2.45 bits per heavy atom. The SMILES string of the molecule is CC(=O)Cc1cc2ccc(OC3CCC(OCc4ccccc4)CC3)c(C)c2oc1=O. The first-order valence-electron chi connectivity index (χ1n) is 10.9. The van der Waals surface area contributed by atoms with Crippen molar-refractivity contribution in [2.75, 3.05) is 0 Å². The third kappa shape index (κ3) is 5.23. The fourth-order valence-corrected chi connectivity index (χ4v) is 4.15. The van der Waals surface area contributed by atoms with Crippen LogP contribution in [0.2, 0.25) is 0 Å². The highest BCUT2D eigenvalue weighted by atomic mass is 16.5. The maximum Gasteiger partial charge on any atom is 0.339 e. The number of carbonyl (C=O) groups excluding carboxylic acids is 1. The van der Waals surface area contributed by atoms with Gasteiger partial charge in [-0.25, -0.2) is 4.79 Å². The lowest BCUT2D eigenvalue weighted by Gasteiger charge is -2.29. The average Bonchev–Trinajstić information content (AvgIpc) is 2.77. The minimum atomic E-state index is -0.459. The van der Waals surface area contributed by atoms with Gasteiger partial charge in [-0.15, -0.1) is 0 Å². The molecule has 0 aliphatic heterocycles. The van der Waals surface area contributed by atoms with Crippen LogP contribution in [0.25, 0.3) is 11.0 Å². The lowest BCUT2D eigenvalue weighted by molar-refractivity contribution is -0.116. The van der Waals surface area contributed by atoms with Gasteiger partial charge < -0.3 is 13.9 Å². The molecular formula is C26H28O5. The summed E-state index contributed by atoms with van der Waals surface area (Å²) in [5, 5.41) is 0.804. The predicted octanol–water partition coefficient (Wildman–Crippen LogP) is 5.14. The number of hydrogen-bond donors (Lipinski definition) is 0. The summed E-state index contributed by atoms with van der Waals surface area (Å²) >= 11 is 0. The van der Waals surface area contributed by atoms with E-state index in [2.05, 4.69) is 12.1 Å². The fourth-order valence-electron chi connectivity index (χ4n) is 4.15. The number of fused-ring (bicyclic) bond motifs is 1. The summed E-state index contributed by atoms with van der Waals surface area (Å²) in [6.07, 6.45) is 4.26. The molecule has 1 aliphatic carbocycles. The van der Waals surface area contributed by atoms with Crippen LogP contribution in [0.5, 0.6) is 5.75 Å². The first-order valence-corrected chi connectivity index (χ1v) is 10.9. The van der Waals surface area contributed by atoms with Crippen LogP contribution < -0.4 is 10.4 Å². The summed E-state index contributed by atoms with van der Waals surface area (Å²) in [6.45, 7) is 4.01. The second kappa shape index (κ2) is 9.48. The Morgan fingerprint density at radius 1 is 1.03 bits per heavy atom. The third-order valence-electron chi connectivity index (χ3n) is 5.86. The van der Waals surface area contributed by atoms with Crippen molar-refractivity contribution < 1.29 is 18.7 Å². The summed E-state index contributed by atoms with van der Waals surface area (Å²) in [7, 11) is 0. The molecule has 0 unspecified atom stereocenters. The molecule has 1 aromatic heterocycles. The van der Waals surface area contributed by atoms with E-state index in [1.807, 2.05) is 37.3 Å². The first kappa shape index (κ1) is 21.3. The van der Waals surface area contributed by atoms with Crippen molar-refractivity contribution in [3.63, 3.8) is 0 Å². The molecule has 0 N–H and O–H groups in total. The van der Waals surface area contributed by atoms with Gasteiger partial charge in [-0.2, -0.15) is 0 Å². The number of benzene rings is 2. The van der Waals surface area contributed by atoms with Crippen molar-refractivity contribution in [1.82, 2.24) is 0 Å². The van der Waals surface area contributed by atoms with E-state index in [1.54, 1.807) is 6.07 Å². The van der Waals surface area contributed by atoms with Crippen LogP contribution in [0.1, 0.15) is 49.3 Å². The van der Waals surface area contributed by atoms with Gasteiger partial charge in [0.1, 0.15) is 17.1 Å². The average molecular weight is 421 g/mol. The Kier molecular flexibility index (Phi) is 6.52. The number of rotatable bonds is 7. The molecule has 1 saturated carbocycles. The first-order chi connectivity index (χ1) is 15.0. The number of ether oxygens (including phenoxy) is 2. The van der Waals surface area contributed by atoms with Crippen LogP contribution in [-0.4, -0.2) is 18.0 Å². The molecule has 1 aliphatic rings. The second-order valence-electron chi connectivity index (χ2n) is 8.36. The summed E-state index contributed by atoms with van der Waals surface area (Å²) in [5.74, 6) is 0.676. The molecule has 162 valence electrons. The molecule has 2 aromatic carbocycles. The van der Waals surface area contributed by atoms with E-state index in [9.17, 15) is 9.59 Å². The van der Waals surface area contributed by atoms with Gasteiger partial charge in [-0.3, -0.25) is 4.79 Å². The van der Waals surface area contributed by atoms with E-state index in [0.29, 0.717) is 17.8 Å². The Hall–Kier alpha value is -2.92. The Bertz CT molecular complexity index is 1110. The zero-order valence-electron chi connectivity index (χ0n) is 18.1. The Balaban J connectivity index is 1.38. The van der Waals surface area contributed by atoms with E-state index in [-0.39, 0.29) is 24.4 Å². The van der Waals surface area contributed by atoms with E-state index in [0.717, 1.165) is 42.4 Å². The van der Waals surface area contributed by atoms with E-state index in [4.69, 9.17) is 13.9 Å². The summed E-state index contributed by atoms with van der Waals surface area (Å²) in [5.41, 5.74) is 2.46. The van der Waals surface area contributed by atoms with Crippen molar-refractivity contribution >= 4 is 16.8 Å². The molecule has 0 atom stereocenters. The Morgan fingerprint density at radius 2 is 1.74 bits per heavy atom. The molecule has 5 nitrogen and oxygen atoms in total. The smallest absolute Gasteiger partial charge is 0.339 e. The predicted molar refractivity (Wildman–Crippen MR) is 120 cm³/mol. The van der Waals surface area contributed by atoms with Gasteiger partial charge in [-0.1, -0.05) is 30.3 Å². The van der Waals surface area contributed by atoms with Crippen molar-refractivity contribution in [2.45, 2.75) is 64.8 Å². The van der Waals surface area contributed by atoms with E-state index >= 15 is 0 Å². The number of Topliss-reactive ketones (excluding diaryl/α,β-unsaturated/α-hetero) is 1. The molecule has 0 radical (unpaired) electrons. The molecule has 0 amide bonds. The molecule has 4 rings (SSSR count). The minimum absolute atomic E-state index is 0.0633. The normalized spacial score (nSPS) is 18.8. The number of ketones is 1. The minimum Gasteiger partial charge on any atom is -0.490 e. The van der Waals surface area contributed by atoms with Crippen LogP contribution in [0.15, 0.2) is 57.7 Å². The zero-order valence-corrected chi connectivity index (χ0v) is 18.1. The van der Waals surface area contributed by atoms with Gasteiger partial charge in [-0.05, 0) is 63.3 Å². The van der Waals surface area contributed by atoms with Crippen molar-refractivity contribution in [3.8, 4) is 5.75 Å². The topological polar surface area (TPSA) is 65.7 Å². The number of aryl methyl sites for hydroxylation is 1. The Labute approximate surface area is 182 Å². The van der Waals surface area contributed by atoms with Gasteiger partial charge in [0.15, 0.2) is 0 Å². The van der Waals surface area contributed by atoms with Crippen molar-refractivity contribution in [1.29, 1.82) is 0 Å². The highest BCUT2D eigenvalue weighted by Gasteiger charge is 2.24. The maximum atomic E-state index is 12.2. The second-order valence-corrected chi connectivity index (χ2v) is 8.36. The van der Waals surface area contributed by atoms with Crippen molar-refractivity contribution in [2.24, 2.45) is 0 Å². The van der Waals surface area contributed by atoms with Gasteiger partial charge in [0, 0.05) is 22.9 Å². The van der Waals surface area contributed by atoms with Gasteiger partial charge in [0.25, 0.3) is 0 Å². The van der Waals surface area contributed by atoms with Gasteiger partial charge >= 0.3 is 5.63 Å². The molecule has 0 saturated heterocycles. The molecule has 1 fully saturated rings. The maximum absolute atomic E-state index is 12.2. The lowest BCUT2D eigenvalue weighted by atomic mass is 9.94. The van der Waals surface area contributed by atoms with E-state index < -0.39 is 5.63 Å². The van der Waals surface area contributed by atoms with Crippen LogP contribution in [-0.2, 0) is 22.6 Å². The molecule has 31 heavy (non-hydrogen) atoms. The zero-order chi connectivity index (χ0) is 21.8. The largest absolute Gasteiger partial charge is 0.490 e. The third-order valence-corrected chi connectivity index (χ3v) is 5.86. The fraction of sp³-hybridized carbons (Fsp3) is 0.385. The van der Waals surface area contributed by atoms with Gasteiger partial charge in [0.05, 0.1) is 18.8 Å². The molecule has 5 heteroatoms. The summed E-state index contributed by atoms with van der Waals surface area (Å²) in [4.78, 5) is 23.6. The highest BCUT2D eigenvalue weighted by molar-refractivity contribution is 5.84. The van der Waals surface area contributed by atoms with Gasteiger partial charge in [0.2, 0.25) is 0 Å². The molecule has 3 aromatic rings. The molecule has 0 bridgehead atoms. The molecule has 1 heterocycles. The van der Waals surface area contributed by atoms with Crippen LogP contribution in [0, 0.1) is 6.92 Å². The lowest BCUT2D eigenvalue weighted by Crippen LogP contribution is -2.28. The summed E-state index contributed by atoms with van der Waals surface area (Å²) in [6, 6.07) is 15.8. The quantitative estimate of drug-likeness (QED) is 0.495. The number of hydrogen-bond acceptors (Lipinski definition) is 5. The monoisotopic (exact) mass is 420 g/mol. The molecular weight excluding hydrogens is 392 g/mol. The number of carbonyl (C=O) groups is 1. The van der Waals surface area contributed by atoms with E-state index in [1.165, 1.54) is 12.5 Å². The molecule has 0 spiro atoms. The van der Waals surface area contributed by atoms with Crippen molar-refractivity contribution in [3.05, 3.63) is 75.6 Å². The summed E-state index contributed by atoms with van der Waals surface area (Å²) < 4.78 is 17.9. The standard InChI is InChI=1S/C26H28O5/c1-17(27)14-21-15-20-8-13-24(18(2)25(20)31-26(21)28)30-23-11-9-22(10-12-23)29-16-19-6-4-3-5-7-19/h3-8,13,15,22-23H,9-12,14,16H2,1-2H3.